The lowest BCUT2D eigenvalue weighted by molar-refractivity contribution is -0.163. The molecule has 0 saturated carbocycles. The lowest BCUT2D eigenvalue weighted by Crippen LogP contribution is -2.70. The first-order chi connectivity index (χ1) is 12.5. The zero-order chi connectivity index (χ0) is 20.1. The zero-order valence-electron chi connectivity index (χ0n) is 14.1. The number of ether oxygens (including phenoxy) is 1. The molecule has 1 saturated heterocycles. The molecule has 1 aromatic carbocycles. The Hall–Kier alpha value is -2.44. The number of hydrogen-bond acceptors (Lipinski definition) is 8. The summed E-state index contributed by atoms with van der Waals surface area (Å²) < 4.78 is 59.4. The average molecular weight is 417 g/mol. The molecule has 2 heterocycles. The molecular weight excluding hydrogens is 402 g/mol. The molecule has 0 aliphatic carbocycles. The Morgan fingerprint density at radius 1 is 1.26 bits per heavy atom. The summed E-state index contributed by atoms with van der Waals surface area (Å²) >= 11 is 0. The van der Waals surface area contributed by atoms with E-state index < -0.39 is 60.5 Å². The van der Waals surface area contributed by atoms with Crippen molar-refractivity contribution in [2.24, 2.45) is 0 Å². The number of benzene rings is 1. The minimum Gasteiger partial charge on any atom is -0.476 e. The quantitative estimate of drug-likeness (QED) is 0.500. The Bertz CT molecular complexity index is 1060. The molecule has 0 bridgehead atoms. The van der Waals surface area contributed by atoms with Crippen LogP contribution in [0.1, 0.15) is 5.56 Å². The summed E-state index contributed by atoms with van der Waals surface area (Å²) in [6, 6.07) is 5.47. The van der Waals surface area contributed by atoms with Crippen molar-refractivity contribution >= 4 is 31.8 Å². The van der Waals surface area contributed by atoms with Crippen LogP contribution in [0.15, 0.2) is 40.6 Å². The fourth-order valence-electron chi connectivity index (χ4n) is 2.88. The van der Waals surface area contributed by atoms with Crippen molar-refractivity contribution in [3.63, 3.8) is 0 Å². The lowest BCUT2D eigenvalue weighted by atomic mass is 10.1. The highest BCUT2D eigenvalue weighted by Gasteiger charge is 2.61. The van der Waals surface area contributed by atoms with Crippen LogP contribution in [0.25, 0.3) is 0 Å². The highest BCUT2D eigenvalue weighted by Crippen LogP contribution is 2.39. The van der Waals surface area contributed by atoms with Gasteiger partial charge in [-0.05, 0) is 19.1 Å². The SMILES string of the molecule is CO[C@H]1C(=O)N2C(C(=O)O)=C(OS(=O)(=O)c3ccc(C)cc3)CS(=O)(=O)C12. The second kappa shape index (κ2) is 6.32. The molecule has 0 spiro atoms. The molecule has 3 rings (SSSR count). The standard InChI is InChI=1S/C15H15NO9S2/c1-8-3-5-9(6-4-8)27(22,23)25-10-7-26(20,21)14-12(24-2)13(17)16(14)11(10)15(18)19/h3-6,12,14H,7H2,1-2H3,(H,18,19)/t12-,14?/m0/s1. The first-order valence-corrected chi connectivity index (χ1v) is 10.7. The highest BCUT2D eigenvalue weighted by molar-refractivity contribution is 7.92. The van der Waals surface area contributed by atoms with E-state index in [0.29, 0.717) is 4.90 Å². The molecule has 27 heavy (non-hydrogen) atoms. The summed E-state index contributed by atoms with van der Waals surface area (Å²) in [4.78, 5) is 23.9. The van der Waals surface area contributed by atoms with Crippen molar-refractivity contribution in [3.05, 3.63) is 41.3 Å². The van der Waals surface area contributed by atoms with Gasteiger partial charge in [0.2, 0.25) is 0 Å². The monoisotopic (exact) mass is 417 g/mol. The van der Waals surface area contributed by atoms with Gasteiger partial charge in [-0.15, -0.1) is 0 Å². The van der Waals surface area contributed by atoms with Gasteiger partial charge in [0.1, 0.15) is 10.6 Å². The van der Waals surface area contributed by atoms with Crippen LogP contribution in [0.4, 0.5) is 0 Å². The molecule has 12 heteroatoms. The van der Waals surface area contributed by atoms with E-state index in [1.807, 2.05) is 0 Å². The summed E-state index contributed by atoms with van der Waals surface area (Å²) in [7, 11) is -7.51. The number of carbonyl (C=O) groups excluding carboxylic acids is 1. The number of carboxylic acid groups (broad SMARTS) is 1. The Labute approximate surface area is 155 Å². The Balaban J connectivity index is 2.07. The van der Waals surface area contributed by atoms with E-state index in [9.17, 15) is 31.5 Å². The van der Waals surface area contributed by atoms with E-state index in [1.165, 1.54) is 24.3 Å². The number of carbonyl (C=O) groups is 2. The van der Waals surface area contributed by atoms with E-state index in [2.05, 4.69) is 0 Å². The van der Waals surface area contributed by atoms with Gasteiger partial charge in [0, 0.05) is 7.11 Å². The number of β-lactam (4-membered cyclic amide) rings is 1. The first kappa shape index (κ1) is 19.3. The number of fused-ring (bicyclic) bond motifs is 1. The maximum atomic E-state index is 12.4. The third-order valence-electron chi connectivity index (χ3n) is 4.18. The fraction of sp³-hybridized carbons (Fsp3) is 0.333. The van der Waals surface area contributed by atoms with Crippen LogP contribution in [0, 0.1) is 6.92 Å². The van der Waals surface area contributed by atoms with Crippen molar-refractivity contribution in [1.29, 1.82) is 0 Å². The van der Waals surface area contributed by atoms with Crippen molar-refractivity contribution in [1.82, 2.24) is 4.90 Å². The Kier molecular flexibility index (Phi) is 4.52. The molecule has 146 valence electrons. The van der Waals surface area contributed by atoms with Crippen molar-refractivity contribution in [2.75, 3.05) is 12.9 Å². The first-order valence-electron chi connectivity index (χ1n) is 7.54. The van der Waals surface area contributed by atoms with Crippen molar-refractivity contribution in [3.8, 4) is 0 Å². The summed E-state index contributed by atoms with van der Waals surface area (Å²) in [6.45, 7) is 1.73. The van der Waals surface area contributed by atoms with E-state index in [-0.39, 0.29) is 4.90 Å². The van der Waals surface area contributed by atoms with Gasteiger partial charge in [0.15, 0.2) is 32.8 Å². The second-order valence-corrected chi connectivity index (χ2v) is 9.63. The molecule has 1 aromatic rings. The van der Waals surface area contributed by atoms with Gasteiger partial charge >= 0.3 is 16.1 Å². The third-order valence-corrected chi connectivity index (χ3v) is 7.30. The molecule has 2 atom stereocenters. The van der Waals surface area contributed by atoms with Crippen LogP contribution in [0.2, 0.25) is 0 Å². The maximum absolute atomic E-state index is 12.4. The van der Waals surface area contributed by atoms with Crippen LogP contribution in [0.3, 0.4) is 0 Å². The number of aliphatic carboxylic acids is 1. The van der Waals surface area contributed by atoms with Crippen LogP contribution < -0.4 is 0 Å². The molecule has 0 aromatic heterocycles. The van der Waals surface area contributed by atoms with Gasteiger partial charge in [-0.3, -0.25) is 9.69 Å². The number of nitrogens with zero attached hydrogens (tertiary/aromatic N) is 1. The number of amides is 1. The molecule has 0 radical (unpaired) electrons. The largest absolute Gasteiger partial charge is 0.476 e. The topological polar surface area (TPSA) is 144 Å². The van der Waals surface area contributed by atoms with Gasteiger partial charge in [0.25, 0.3) is 5.91 Å². The third kappa shape index (κ3) is 3.09. The summed E-state index contributed by atoms with van der Waals surface area (Å²) in [6.07, 6.45) is -1.35. The van der Waals surface area contributed by atoms with E-state index in [4.69, 9.17) is 8.92 Å². The Morgan fingerprint density at radius 2 is 1.85 bits per heavy atom. The predicted molar refractivity (Wildman–Crippen MR) is 89.3 cm³/mol. The van der Waals surface area contributed by atoms with Gasteiger partial charge in [-0.1, -0.05) is 17.7 Å². The molecule has 10 nitrogen and oxygen atoms in total. The van der Waals surface area contributed by atoms with Gasteiger partial charge in [-0.2, -0.15) is 8.42 Å². The predicted octanol–water partition coefficient (Wildman–Crippen LogP) is -0.392. The summed E-state index contributed by atoms with van der Waals surface area (Å²) in [5, 5.41) is 7.89. The minimum absolute atomic E-state index is 0.283. The van der Waals surface area contributed by atoms with E-state index in [1.54, 1.807) is 6.92 Å². The number of hydrogen-bond donors (Lipinski definition) is 1. The molecule has 1 N–H and O–H groups in total. The highest BCUT2D eigenvalue weighted by atomic mass is 32.2. The molecule has 2 aliphatic heterocycles. The van der Waals surface area contributed by atoms with Crippen LogP contribution in [0.5, 0.6) is 0 Å². The number of methoxy groups -OCH3 is 1. The molecule has 1 unspecified atom stereocenters. The zero-order valence-corrected chi connectivity index (χ0v) is 15.8. The summed E-state index contributed by atoms with van der Waals surface area (Å²) in [5.41, 5.74) is -0.0527. The number of sulfone groups is 1. The van der Waals surface area contributed by atoms with Crippen LogP contribution >= 0.6 is 0 Å². The summed E-state index contributed by atoms with van der Waals surface area (Å²) in [5.74, 6) is -4.43. The van der Waals surface area contributed by atoms with E-state index in [0.717, 1.165) is 12.7 Å². The number of aryl methyl sites for hydroxylation is 1. The van der Waals surface area contributed by atoms with E-state index >= 15 is 0 Å². The number of carboxylic acids is 1. The second-order valence-electron chi connectivity index (χ2n) is 5.99. The van der Waals surface area contributed by atoms with Crippen molar-refractivity contribution < 1.29 is 40.5 Å². The average Bonchev–Trinajstić information content (AvgIpc) is 2.55. The Morgan fingerprint density at radius 3 is 2.37 bits per heavy atom. The van der Waals surface area contributed by atoms with Crippen LogP contribution in [-0.4, -0.2) is 63.1 Å². The minimum atomic E-state index is -4.50. The lowest BCUT2D eigenvalue weighted by Gasteiger charge is -2.47. The molecule has 1 fully saturated rings. The van der Waals surface area contributed by atoms with Gasteiger partial charge < -0.3 is 14.0 Å². The van der Waals surface area contributed by atoms with Crippen molar-refractivity contribution in [2.45, 2.75) is 23.3 Å². The number of rotatable bonds is 5. The van der Waals surface area contributed by atoms with Gasteiger partial charge in [0.05, 0.1) is 0 Å². The van der Waals surface area contributed by atoms with Gasteiger partial charge in [-0.25, -0.2) is 13.2 Å². The molecule has 1 amide bonds. The molecular formula is C15H15NO9S2. The molecule has 2 aliphatic rings. The van der Waals surface area contributed by atoms with Crippen LogP contribution in [-0.2, 0) is 38.5 Å². The maximum Gasteiger partial charge on any atom is 0.356 e. The smallest absolute Gasteiger partial charge is 0.356 e. The fourth-order valence-corrected chi connectivity index (χ4v) is 5.79. The normalized spacial score (nSPS) is 24.2.